The SMILES string of the molecule is Cc1ccc(-n2ncc(C(=O)NCc3cccc(C(=O)NCc4ccco4)c3)c2C2CC2)cc1Cl. The molecule has 0 radical (unpaired) electrons. The second kappa shape index (κ2) is 9.80. The number of nitrogens with one attached hydrogen (secondary N) is 2. The molecule has 0 atom stereocenters. The van der Waals surface area contributed by atoms with Crippen LogP contribution in [-0.2, 0) is 13.1 Å². The van der Waals surface area contributed by atoms with Crippen molar-refractivity contribution in [1.82, 2.24) is 20.4 Å². The normalized spacial score (nSPS) is 13.0. The molecule has 35 heavy (non-hydrogen) atoms. The van der Waals surface area contributed by atoms with Gasteiger partial charge in [-0.3, -0.25) is 9.59 Å². The zero-order valence-corrected chi connectivity index (χ0v) is 20.0. The molecular weight excluding hydrogens is 464 g/mol. The molecule has 0 bridgehead atoms. The lowest BCUT2D eigenvalue weighted by molar-refractivity contribution is 0.0943. The Morgan fingerprint density at radius 1 is 1.06 bits per heavy atom. The Kier molecular flexibility index (Phi) is 6.42. The molecule has 0 unspecified atom stereocenters. The standard InChI is InChI=1S/C27H25ClN4O3/c1-17-7-10-21(13-24(17)28)32-25(19-8-9-19)23(16-31-32)27(34)29-14-18-4-2-5-20(12-18)26(33)30-15-22-6-3-11-35-22/h2-7,10-13,16,19H,8-9,14-15H2,1H3,(H,29,34)(H,30,33). The third-order valence-corrected chi connectivity index (χ3v) is 6.47. The number of carbonyl (C=O) groups excluding carboxylic acids is 2. The predicted octanol–water partition coefficient (Wildman–Crippen LogP) is 5.16. The molecule has 0 spiro atoms. The molecule has 2 aromatic heterocycles. The van der Waals surface area contributed by atoms with Crippen LogP contribution in [0.15, 0.2) is 71.5 Å². The molecule has 1 aliphatic carbocycles. The van der Waals surface area contributed by atoms with Gasteiger partial charge in [-0.15, -0.1) is 0 Å². The maximum absolute atomic E-state index is 13.1. The van der Waals surface area contributed by atoms with Gasteiger partial charge in [0.2, 0.25) is 0 Å². The number of rotatable bonds is 8. The molecule has 5 rings (SSSR count). The molecule has 0 saturated heterocycles. The van der Waals surface area contributed by atoms with E-state index in [9.17, 15) is 9.59 Å². The van der Waals surface area contributed by atoms with Crippen LogP contribution < -0.4 is 10.6 Å². The Hall–Kier alpha value is -3.84. The molecule has 2 N–H and O–H groups in total. The molecule has 2 amide bonds. The van der Waals surface area contributed by atoms with Gasteiger partial charge in [-0.2, -0.15) is 5.10 Å². The van der Waals surface area contributed by atoms with Crippen molar-refractivity contribution >= 4 is 23.4 Å². The van der Waals surface area contributed by atoms with Gasteiger partial charge < -0.3 is 15.1 Å². The summed E-state index contributed by atoms with van der Waals surface area (Å²) in [7, 11) is 0. The average Bonchev–Trinajstić information content (AvgIpc) is 3.38. The van der Waals surface area contributed by atoms with Gasteiger partial charge in [0.1, 0.15) is 5.76 Å². The fraction of sp³-hybridized carbons (Fsp3) is 0.222. The Bertz CT molecular complexity index is 1370. The highest BCUT2D eigenvalue weighted by molar-refractivity contribution is 6.31. The summed E-state index contributed by atoms with van der Waals surface area (Å²) >= 11 is 6.33. The van der Waals surface area contributed by atoms with Crippen LogP contribution in [0.3, 0.4) is 0 Å². The van der Waals surface area contributed by atoms with Gasteiger partial charge in [0, 0.05) is 23.0 Å². The molecule has 0 aliphatic heterocycles. The van der Waals surface area contributed by atoms with Crippen LogP contribution in [0.4, 0.5) is 0 Å². The third-order valence-electron chi connectivity index (χ3n) is 6.06. The van der Waals surface area contributed by atoms with E-state index in [0.29, 0.717) is 40.9 Å². The lowest BCUT2D eigenvalue weighted by Crippen LogP contribution is -2.25. The summed E-state index contributed by atoms with van der Waals surface area (Å²) in [5.41, 5.74) is 4.66. The van der Waals surface area contributed by atoms with E-state index < -0.39 is 0 Å². The lowest BCUT2D eigenvalue weighted by atomic mass is 10.1. The van der Waals surface area contributed by atoms with Crippen LogP contribution >= 0.6 is 11.6 Å². The quantitative estimate of drug-likeness (QED) is 0.358. The van der Waals surface area contributed by atoms with Crippen molar-refractivity contribution in [3.8, 4) is 5.69 Å². The van der Waals surface area contributed by atoms with E-state index in [4.69, 9.17) is 16.0 Å². The minimum atomic E-state index is -0.205. The van der Waals surface area contributed by atoms with E-state index in [1.165, 1.54) is 0 Å². The number of halogens is 1. The Morgan fingerprint density at radius 3 is 2.63 bits per heavy atom. The second-order valence-electron chi connectivity index (χ2n) is 8.71. The zero-order valence-electron chi connectivity index (χ0n) is 19.3. The van der Waals surface area contributed by atoms with E-state index in [0.717, 1.165) is 35.3 Å². The summed E-state index contributed by atoms with van der Waals surface area (Å²) in [6.07, 6.45) is 5.25. The first-order valence-electron chi connectivity index (χ1n) is 11.5. The van der Waals surface area contributed by atoms with Gasteiger partial charge in [0.05, 0.1) is 35.9 Å². The van der Waals surface area contributed by atoms with Gasteiger partial charge in [-0.25, -0.2) is 4.68 Å². The highest BCUT2D eigenvalue weighted by Crippen LogP contribution is 2.42. The number of nitrogens with zero attached hydrogens (tertiary/aromatic N) is 2. The minimum absolute atomic E-state index is 0.191. The molecule has 1 fully saturated rings. The van der Waals surface area contributed by atoms with Crippen LogP contribution in [0, 0.1) is 6.92 Å². The predicted molar refractivity (Wildman–Crippen MR) is 133 cm³/mol. The first-order valence-corrected chi connectivity index (χ1v) is 11.9. The number of furan rings is 1. The highest BCUT2D eigenvalue weighted by atomic mass is 35.5. The van der Waals surface area contributed by atoms with Crippen molar-refractivity contribution in [2.75, 3.05) is 0 Å². The summed E-state index contributed by atoms with van der Waals surface area (Å²) in [6, 6.07) is 16.6. The van der Waals surface area contributed by atoms with Crippen molar-refractivity contribution in [2.24, 2.45) is 0 Å². The highest BCUT2D eigenvalue weighted by Gasteiger charge is 2.33. The number of hydrogen-bond donors (Lipinski definition) is 2. The van der Waals surface area contributed by atoms with Crippen molar-refractivity contribution in [3.05, 3.63) is 106 Å². The fourth-order valence-corrected chi connectivity index (χ4v) is 4.16. The average molecular weight is 489 g/mol. The molecule has 4 aromatic rings. The number of hydrogen-bond acceptors (Lipinski definition) is 4. The first-order chi connectivity index (χ1) is 17.0. The molecule has 2 aromatic carbocycles. The second-order valence-corrected chi connectivity index (χ2v) is 9.12. The summed E-state index contributed by atoms with van der Waals surface area (Å²) in [5.74, 6) is 0.592. The smallest absolute Gasteiger partial charge is 0.255 e. The minimum Gasteiger partial charge on any atom is -0.467 e. The number of benzene rings is 2. The topological polar surface area (TPSA) is 89.2 Å². The van der Waals surface area contributed by atoms with Crippen LogP contribution in [0.2, 0.25) is 5.02 Å². The number of carbonyl (C=O) groups is 2. The molecule has 2 heterocycles. The molecule has 7 nitrogen and oxygen atoms in total. The fourth-order valence-electron chi connectivity index (χ4n) is 3.98. The number of aromatic nitrogens is 2. The maximum atomic E-state index is 13.1. The van der Waals surface area contributed by atoms with Gasteiger partial charge >= 0.3 is 0 Å². The molecular formula is C27H25ClN4O3. The van der Waals surface area contributed by atoms with E-state index in [2.05, 4.69) is 15.7 Å². The van der Waals surface area contributed by atoms with E-state index >= 15 is 0 Å². The van der Waals surface area contributed by atoms with Crippen LogP contribution in [0.25, 0.3) is 5.69 Å². The van der Waals surface area contributed by atoms with Crippen LogP contribution in [0.5, 0.6) is 0 Å². The van der Waals surface area contributed by atoms with Gasteiger partial charge in [0.25, 0.3) is 11.8 Å². The van der Waals surface area contributed by atoms with Gasteiger partial charge in [-0.05, 0) is 67.3 Å². The van der Waals surface area contributed by atoms with Gasteiger partial charge in [0.15, 0.2) is 0 Å². The summed E-state index contributed by atoms with van der Waals surface area (Å²) in [5, 5.41) is 11.0. The van der Waals surface area contributed by atoms with Crippen molar-refractivity contribution in [2.45, 2.75) is 38.8 Å². The third kappa shape index (κ3) is 5.15. The number of amides is 2. The Labute approximate surface area is 208 Å². The van der Waals surface area contributed by atoms with E-state index in [1.54, 1.807) is 42.8 Å². The molecule has 1 aliphatic rings. The summed E-state index contributed by atoms with van der Waals surface area (Å²) in [4.78, 5) is 25.6. The Morgan fingerprint density at radius 2 is 1.89 bits per heavy atom. The lowest BCUT2D eigenvalue weighted by Gasteiger charge is -2.11. The summed E-state index contributed by atoms with van der Waals surface area (Å²) in [6.45, 7) is 2.56. The van der Waals surface area contributed by atoms with E-state index in [-0.39, 0.29) is 11.8 Å². The molecule has 1 saturated carbocycles. The largest absolute Gasteiger partial charge is 0.467 e. The van der Waals surface area contributed by atoms with Crippen LogP contribution in [-0.4, -0.2) is 21.6 Å². The van der Waals surface area contributed by atoms with Crippen molar-refractivity contribution in [3.63, 3.8) is 0 Å². The first kappa shape index (κ1) is 22.9. The van der Waals surface area contributed by atoms with Crippen LogP contribution in [0.1, 0.15) is 62.1 Å². The molecule has 8 heteroatoms. The summed E-state index contributed by atoms with van der Waals surface area (Å²) < 4.78 is 7.07. The van der Waals surface area contributed by atoms with Crippen molar-refractivity contribution < 1.29 is 14.0 Å². The van der Waals surface area contributed by atoms with Crippen molar-refractivity contribution in [1.29, 1.82) is 0 Å². The molecule has 178 valence electrons. The zero-order chi connectivity index (χ0) is 24.4. The monoisotopic (exact) mass is 488 g/mol. The van der Waals surface area contributed by atoms with Gasteiger partial charge in [-0.1, -0.05) is 29.8 Å². The maximum Gasteiger partial charge on any atom is 0.255 e. The Balaban J connectivity index is 1.27. The van der Waals surface area contributed by atoms with E-state index in [1.807, 2.05) is 35.9 Å². The number of aryl methyl sites for hydroxylation is 1.